The van der Waals surface area contributed by atoms with Gasteiger partial charge in [-0.2, -0.15) is 0 Å². The second-order valence-electron chi connectivity index (χ2n) is 5.44. The summed E-state index contributed by atoms with van der Waals surface area (Å²) in [6, 6.07) is 7.75. The molecule has 1 aliphatic heterocycles. The van der Waals surface area contributed by atoms with Crippen molar-refractivity contribution in [3.8, 4) is 0 Å². The van der Waals surface area contributed by atoms with E-state index in [2.05, 4.69) is 0 Å². The van der Waals surface area contributed by atoms with Gasteiger partial charge in [0.15, 0.2) is 0 Å². The molecule has 1 heterocycles. The normalized spacial score (nSPS) is 21.2. The smallest absolute Gasteiger partial charge is 0.297 e. The molecule has 1 aromatic rings. The van der Waals surface area contributed by atoms with E-state index < -0.39 is 23.4 Å². The molecule has 1 saturated heterocycles. The number of nitrogens with zero attached hydrogens (tertiary/aromatic N) is 2. The summed E-state index contributed by atoms with van der Waals surface area (Å²) in [4.78, 5) is 39.6. The van der Waals surface area contributed by atoms with Gasteiger partial charge in [0.2, 0.25) is 11.7 Å². The number of carbonyl (C=O) groups is 3. The van der Waals surface area contributed by atoms with E-state index >= 15 is 0 Å². The van der Waals surface area contributed by atoms with Gasteiger partial charge in [-0.1, -0.05) is 30.3 Å². The van der Waals surface area contributed by atoms with Crippen LogP contribution in [0, 0.1) is 0 Å². The topological polar surface area (TPSA) is 57.7 Å². The van der Waals surface area contributed by atoms with Crippen LogP contribution in [-0.2, 0) is 9.59 Å². The Morgan fingerprint density at radius 2 is 1.70 bits per heavy atom. The fraction of sp³-hybridized carbons (Fsp3) is 0.400. The average molecular weight is 274 g/mol. The standard InChI is InChI=1S/C15H18N2O3/c1-10-13(19)16(4)15(2,3)17(10)14(20)12(18)11-8-6-5-7-9-11/h5-10H,1-4H3. The zero-order valence-corrected chi connectivity index (χ0v) is 12.1. The van der Waals surface area contributed by atoms with Gasteiger partial charge in [-0.05, 0) is 20.8 Å². The quantitative estimate of drug-likeness (QED) is 0.603. The molecule has 0 aliphatic carbocycles. The van der Waals surface area contributed by atoms with E-state index in [0.29, 0.717) is 5.56 Å². The molecular formula is C15H18N2O3. The Labute approximate surface area is 118 Å². The predicted octanol–water partition coefficient (Wildman–Crippen LogP) is 1.29. The summed E-state index contributed by atoms with van der Waals surface area (Å²) in [6.45, 7) is 5.15. The van der Waals surface area contributed by atoms with Crippen LogP contribution in [0.4, 0.5) is 0 Å². The number of ketones is 1. The molecule has 0 aromatic heterocycles. The Morgan fingerprint density at radius 1 is 1.15 bits per heavy atom. The molecule has 2 amide bonds. The highest BCUT2D eigenvalue weighted by Gasteiger charge is 2.51. The van der Waals surface area contributed by atoms with Crippen LogP contribution >= 0.6 is 0 Å². The van der Waals surface area contributed by atoms with Crippen molar-refractivity contribution in [2.45, 2.75) is 32.5 Å². The molecule has 0 radical (unpaired) electrons. The minimum Gasteiger partial charge on any atom is -0.321 e. The average Bonchev–Trinajstić information content (AvgIpc) is 2.59. The number of hydrogen-bond acceptors (Lipinski definition) is 3. The number of benzene rings is 1. The molecule has 106 valence electrons. The monoisotopic (exact) mass is 274 g/mol. The van der Waals surface area contributed by atoms with Gasteiger partial charge in [0.1, 0.15) is 11.7 Å². The lowest BCUT2D eigenvalue weighted by Gasteiger charge is -2.36. The highest BCUT2D eigenvalue weighted by Crippen LogP contribution is 2.30. The van der Waals surface area contributed by atoms with E-state index in [-0.39, 0.29) is 5.91 Å². The number of hydrogen-bond donors (Lipinski definition) is 0. The van der Waals surface area contributed by atoms with E-state index in [1.165, 1.54) is 9.80 Å². The van der Waals surface area contributed by atoms with Crippen molar-refractivity contribution in [3.05, 3.63) is 35.9 Å². The lowest BCUT2D eigenvalue weighted by molar-refractivity contribution is -0.134. The van der Waals surface area contributed by atoms with E-state index in [1.807, 2.05) is 0 Å². The summed E-state index contributed by atoms with van der Waals surface area (Å²) in [7, 11) is 1.64. The summed E-state index contributed by atoms with van der Waals surface area (Å²) in [6.07, 6.45) is 0. The zero-order chi connectivity index (χ0) is 15.1. The van der Waals surface area contributed by atoms with E-state index in [4.69, 9.17) is 0 Å². The summed E-state index contributed by atoms with van der Waals surface area (Å²) in [5.41, 5.74) is -0.472. The molecule has 5 nitrogen and oxygen atoms in total. The van der Waals surface area contributed by atoms with Crippen molar-refractivity contribution in [3.63, 3.8) is 0 Å². The maximum Gasteiger partial charge on any atom is 0.297 e. The third kappa shape index (κ3) is 1.99. The first-order valence-corrected chi connectivity index (χ1v) is 6.49. The van der Waals surface area contributed by atoms with E-state index in [9.17, 15) is 14.4 Å². The SMILES string of the molecule is CC1C(=O)N(C)C(C)(C)N1C(=O)C(=O)c1ccccc1. The summed E-state index contributed by atoms with van der Waals surface area (Å²) < 4.78 is 0. The van der Waals surface area contributed by atoms with Crippen molar-refractivity contribution >= 4 is 17.6 Å². The third-order valence-corrected chi connectivity index (χ3v) is 3.93. The molecule has 0 spiro atoms. The van der Waals surface area contributed by atoms with Crippen molar-refractivity contribution < 1.29 is 14.4 Å². The van der Waals surface area contributed by atoms with Crippen LogP contribution in [0.1, 0.15) is 31.1 Å². The second-order valence-corrected chi connectivity index (χ2v) is 5.44. The number of Topliss-reactive ketones (excluding diaryl/α,β-unsaturated/α-hetero) is 1. The van der Waals surface area contributed by atoms with Gasteiger partial charge in [-0.25, -0.2) is 0 Å². The highest BCUT2D eigenvalue weighted by atomic mass is 16.2. The lowest BCUT2D eigenvalue weighted by Crippen LogP contribution is -2.53. The van der Waals surface area contributed by atoms with Crippen LogP contribution < -0.4 is 0 Å². The Hall–Kier alpha value is -2.17. The Balaban J connectivity index is 2.34. The maximum atomic E-state index is 12.5. The molecule has 0 saturated carbocycles. The molecule has 1 atom stereocenters. The fourth-order valence-corrected chi connectivity index (χ4v) is 2.54. The predicted molar refractivity (Wildman–Crippen MR) is 73.9 cm³/mol. The minimum absolute atomic E-state index is 0.163. The van der Waals surface area contributed by atoms with Gasteiger partial charge >= 0.3 is 0 Å². The first-order chi connectivity index (χ1) is 9.28. The molecule has 1 unspecified atom stereocenters. The molecule has 0 N–H and O–H groups in total. The molecule has 2 rings (SSSR count). The third-order valence-electron chi connectivity index (χ3n) is 3.93. The number of likely N-dealkylation sites (N-methyl/N-ethyl adjacent to an activating group) is 1. The Kier molecular flexibility index (Phi) is 3.38. The fourth-order valence-electron chi connectivity index (χ4n) is 2.54. The van der Waals surface area contributed by atoms with Crippen LogP contribution in [0.3, 0.4) is 0 Å². The maximum absolute atomic E-state index is 12.5. The number of rotatable bonds is 2. The lowest BCUT2D eigenvalue weighted by atomic mass is 10.1. The number of carbonyl (C=O) groups excluding carboxylic acids is 3. The largest absolute Gasteiger partial charge is 0.321 e. The molecule has 1 aliphatic rings. The van der Waals surface area contributed by atoms with Crippen LogP contribution in [0.15, 0.2) is 30.3 Å². The van der Waals surface area contributed by atoms with Crippen molar-refractivity contribution in [1.29, 1.82) is 0 Å². The molecular weight excluding hydrogens is 256 g/mol. The van der Waals surface area contributed by atoms with Crippen molar-refractivity contribution in [2.75, 3.05) is 7.05 Å². The van der Waals surface area contributed by atoms with Crippen LogP contribution in [-0.4, -0.2) is 46.1 Å². The van der Waals surface area contributed by atoms with Gasteiger partial charge in [-0.15, -0.1) is 0 Å². The van der Waals surface area contributed by atoms with Crippen molar-refractivity contribution in [1.82, 2.24) is 9.80 Å². The van der Waals surface area contributed by atoms with Crippen LogP contribution in [0.2, 0.25) is 0 Å². The zero-order valence-electron chi connectivity index (χ0n) is 12.1. The van der Waals surface area contributed by atoms with E-state index in [0.717, 1.165) is 0 Å². The van der Waals surface area contributed by atoms with Gasteiger partial charge in [0.05, 0.1) is 0 Å². The molecule has 0 bridgehead atoms. The first kappa shape index (κ1) is 14.2. The molecule has 20 heavy (non-hydrogen) atoms. The Morgan fingerprint density at radius 3 is 2.15 bits per heavy atom. The first-order valence-electron chi connectivity index (χ1n) is 6.49. The van der Waals surface area contributed by atoms with Crippen molar-refractivity contribution in [2.24, 2.45) is 0 Å². The number of amides is 2. The van der Waals surface area contributed by atoms with Gasteiger partial charge in [0, 0.05) is 12.6 Å². The summed E-state index contributed by atoms with van der Waals surface area (Å²) in [5.74, 6) is -1.40. The Bertz CT molecular complexity index is 566. The summed E-state index contributed by atoms with van der Waals surface area (Å²) in [5, 5.41) is 0. The van der Waals surface area contributed by atoms with Gasteiger partial charge in [-0.3, -0.25) is 14.4 Å². The molecule has 5 heteroatoms. The molecule has 1 fully saturated rings. The van der Waals surface area contributed by atoms with Gasteiger partial charge in [0.25, 0.3) is 5.91 Å². The second kappa shape index (κ2) is 4.74. The highest BCUT2D eigenvalue weighted by molar-refractivity contribution is 6.43. The molecule has 1 aromatic carbocycles. The summed E-state index contributed by atoms with van der Waals surface area (Å²) >= 11 is 0. The van der Waals surface area contributed by atoms with Crippen LogP contribution in [0.5, 0.6) is 0 Å². The van der Waals surface area contributed by atoms with E-state index in [1.54, 1.807) is 58.2 Å². The van der Waals surface area contributed by atoms with Gasteiger partial charge < -0.3 is 9.80 Å². The van der Waals surface area contributed by atoms with Crippen LogP contribution in [0.25, 0.3) is 0 Å². The minimum atomic E-state index is -0.808.